The second kappa shape index (κ2) is 6.68. The lowest BCUT2D eigenvalue weighted by molar-refractivity contribution is 0.701. The number of nitrogens with one attached hydrogen (secondary N) is 1. The summed E-state index contributed by atoms with van der Waals surface area (Å²) in [6.45, 7) is 1.81. The lowest BCUT2D eigenvalue weighted by atomic mass is 10.2. The average Bonchev–Trinajstić information content (AvgIpc) is 3.09. The van der Waals surface area contributed by atoms with Crippen molar-refractivity contribution in [3.05, 3.63) is 68.1 Å². The molecule has 102 valence electrons. The van der Waals surface area contributed by atoms with Crippen LogP contribution in [0.1, 0.15) is 10.4 Å². The van der Waals surface area contributed by atoms with Crippen LogP contribution in [0.4, 0.5) is 0 Å². The Labute approximate surface area is 135 Å². The molecule has 0 radical (unpaired) electrons. The Morgan fingerprint density at radius 3 is 2.75 bits per heavy atom. The fourth-order valence-corrected chi connectivity index (χ4v) is 4.11. The molecule has 0 saturated heterocycles. The zero-order chi connectivity index (χ0) is 13.8. The maximum Gasteiger partial charge on any atom is 0.0351 e. The molecule has 3 aromatic rings. The summed E-state index contributed by atoms with van der Waals surface area (Å²) in [7, 11) is 0. The molecule has 3 rings (SSSR count). The molecule has 1 aromatic carbocycles. The van der Waals surface area contributed by atoms with Crippen LogP contribution in [0.2, 0.25) is 0 Å². The van der Waals surface area contributed by atoms with E-state index in [1.54, 1.807) is 11.3 Å². The Morgan fingerprint density at radius 2 is 1.95 bits per heavy atom. The predicted octanol–water partition coefficient (Wildman–Crippen LogP) is 5.53. The highest BCUT2D eigenvalue weighted by Crippen LogP contribution is 2.29. The van der Waals surface area contributed by atoms with Gasteiger partial charge >= 0.3 is 0 Å². The first-order valence-electron chi connectivity index (χ1n) is 6.38. The highest BCUT2D eigenvalue weighted by molar-refractivity contribution is 9.10. The fourth-order valence-electron chi connectivity index (χ4n) is 2.02. The summed E-state index contributed by atoms with van der Waals surface area (Å²) in [4.78, 5) is 2.72. The van der Waals surface area contributed by atoms with E-state index in [9.17, 15) is 0 Å². The Morgan fingerprint density at radius 1 is 1.00 bits per heavy atom. The van der Waals surface area contributed by atoms with Crippen LogP contribution in [-0.2, 0) is 13.1 Å². The van der Waals surface area contributed by atoms with Gasteiger partial charge in [-0.25, -0.2) is 0 Å². The third-order valence-corrected chi connectivity index (χ3v) is 5.33. The van der Waals surface area contributed by atoms with Gasteiger partial charge in [0, 0.05) is 32.9 Å². The van der Waals surface area contributed by atoms with Gasteiger partial charge in [0.05, 0.1) is 0 Å². The van der Waals surface area contributed by atoms with Crippen molar-refractivity contribution >= 4 is 38.6 Å². The quantitative estimate of drug-likeness (QED) is 0.628. The van der Waals surface area contributed by atoms with Crippen LogP contribution in [0.15, 0.2) is 57.7 Å². The van der Waals surface area contributed by atoms with E-state index in [1.165, 1.54) is 20.9 Å². The summed E-state index contributed by atoms with van der Waals surface area (Å²) in [5, 5.41) is 7.86. The number of halogens is 1. The molecule has 0 aliphatic carbocycles. The SMILES string of the molecule is Brc1cccc(CNCc2cc(-c3cccs3)cs2)c1. The Hall–Kier alpha value is -0.940. The predicted molar refractivity (Wildman–Crippen MR) is 92.3 cm³/mol. The van der Waals surface area contributed by atoms with E-state index in [0.717, 1.165) is 17.6 Å². The fraction of sp³-hybridized carbons (Fsp3) is 0.125. The van der Waals surface area contributed by atoms with Gasteiger partial charge in [0.15, 0.2) is 0 Å². The van der Waals surface area contributed by atoms with Crippen molar-refractivity contribution in [2.24, 2.45) is 0 Å². The molecule has 0 spiro atoms. The number of hydrogen-bond acceptors (Lipinski definition) is 3. The minimum Gasteiger partial charge on any atom is -0.308 e. The lowest BCUT2D eigenvalue weighted by Gasteiger charge is -2.03. The van der Waals surface area contributed by atoms with Crippen molar-refractivity contribution in [3.63, 3.8) is 0 Å². The molecule has 1 N–H and O–H groups in total. The third kappa shape index (κ3) is 3.58. The van der Waals surface area contributed by atoms with Crippen molar-refractivity contribution < 1.29 is 0 Å². The molecule has 2 aromatic heterocycles. The van der Waals surface area contributed by atoms with E-state index in [1.807, 2.05) is 11.3 Å². The van der Waals surface area contributed by atoms with E-state index in [0.29, 0.717) is 0 Å². The van der Waals surface area contributed by atoms with Crippen LogP contribution < -0.4 is 5.32 Å². The minimum absolute atomic E-state index is 0.895. The summed E-state index contributed by atoms with van der Waals surface area (Å²) in [5.41, 5.74) is 2.64. The summed E-state index contributed by atoms with van der Waals surface area (Å²) in [6.07, 6.45) is 0. The zero-order valence-electron chi connectivity index (χ0n) is 10.8. The molecule has 1 nitrogen and oxygen atoms in total. The molecule has 4 heteroatoms. The summed E-state index contributed by atoms with van der Waals surface area (Å²) in [6, 6.07) is 15.0. The van der Waals surface area contributed by atoms with Crippen molar-refractivity contribution in [2.75, 3.05) is 0 Å². The van der Waals surface area contributed by atoms with Gasteiger partial charge in [-0.15, -0.1) is 22.7 Å². The van der Waals surface area contributed by atoms with Crippen LogP contribution in [0, 0.1) is 0 Å². The number of hydrogen-bond donors (Lipinski definition) is 1. The van der Waals surface area contributed by atoms with E-state index in [4.69, 9.17) is 0 Å². The maximum atomic E-state index is 3.50. The van der Waals surface area contributed by atoms with Gasteiger partial charge < -0.3 is 5.32 Å². The standard InChI is InChI=1S/C16H14BrNS2/c17-14-4-1-3-12(7-14)9-18-10-15-8-13(11-20-15)16-5-2-6-19-16/h1-8,11,18H,9-10H2. The zero-order valence-corrected chi connectivity index (χ0v) is 14.0. The molecule has 0 unspecified atom stereocenters. The molecule has 20 heavy (non-hydrogen) atoms. The Balaban J connectivity index is 1.57. The van der Waals surface area contributed by atoms with Gasteiger partial charge in [-0.05, 0) is 40.6 Å². The van der Waals surface area contributed by atoms with E-state index in [-0.39, 0.29) is 0 Å². The van der Waals surface area contributed by atoms with Gasteiger partial charge in [-0.3, -0.25) is 0 Å². The largest absolute Gasteiger partial charge is 0.308 e. The van der Waals surface area contributed by atoms with E-state index in [2.05, 4.69) is 74.5 Å². The van der Waals surface area contributed by atoms with Crippen molar-refractivity contribution in [1.82, 2.24) is 5.32 Å². The van der Waals surface area contributed by atoms with Gasteiger partial charge in [0.25, 0.3) is 0 Å². The normalized spacial score (nSPS) is 10.8. The average molecular weight is 364 g/mol. The molecular formula is C16H14BrNS2. The van der Waals surface area contributed by atoms with Crippen molar-refractivity contribution in [1.29, 1.82) is 0 Å². The highest BCUT2D eigenvalue weighted by Gasteiger charge is 2.03. The number of thiophene rings is 2. The van der Waals surface area contributed by atoms with E-state index >= 15 is 0 Å². The van der Waals surface area contributed by atoms with Crippen LogP contribution in [0.3, 0.4) is 0 Å². The molecule has 0 fully saturated rings. The minimum atomic E-state index is 0.895. The summed E-state index contributed by atoms with van der Waals surface area (Å²) < 4.78 is 1.13. The number of benzene rings is 1. The van der Waals surface area contributed by atoms with Crippen molar-refractivity contribution in [3.8, 4) is 10.4 Å². The van der Waals surface area contributed by atoms with Gasteiger partial charge in [0.1, 0.15) is 0 Å². The van der Waals surface area contributed by atoms with Gasteiger partial charge in [-0.1, -0.05) is 34.1 Å². The molecule has 0 bridgehead atoms. The van der Waals surface area contributed by atoms with Crippen LogP contribution in [0.5, 0.6) is 0 Å². The molecule has 0 aliphatic rings. The lowest BCUT2D eigenvalue weighted by Crippen LogP contribution is -2.11. The van der Waals surface area contributed by atoms with Crippen LogP contribution >= 0.6 is 38.6 Å². The van der Waals surface area contributed by atoms with Crippen LogP contribution in [-0.4, -0.2) is 0 Å². The smallest absolute Gasteiger partial charge is 0.0351 e. The Bertz CT molecular complexity index is 673. The van der Waals surface area contributed by atoms with E-state index < -0.39 is 0 Å². The molecular weight excluding hydrogens is 350 g/mol. The third-order valence-electron chi connectivity index (χ3n) is 2.98. The molecule has 2 heterocycles. The second-order valence-electron chi connectivity index (χ2n) is 4.51. The van der Waals surface area contributed by atoms with Crippen LogP contribution in [0.25, 0.3) is 10.4 Å². The van der Waals surface area contributed by atoms with Crippen molar-refractivity contribution in [2.45, 2.75) is 13.1 Å². The second-order valence-corrected chi connectivity index (χ2v) is 7.37. The summed E-state index contributed by atoms with van der Waals surface area (Å²) in [5.74, 6) is 0. The molecule has 0 atom stereocenters. The number of rotatable bonds is 5. The summed E-state index contributed by atoms with van der Waals surface area (Å²) >= 11 is 7.11. The van der Waals surface area contributed by atoms with Gasteiger partial charge in [0.2, 0.25) is 0 Å². The van der Waals surface area contributed by atoms with Gasteiger partial charge in [-0.2, -0.15) is 0 Å². The first-order chi connectivity index (χ1) is 9.81. The molecule has 0 aliphatic heterocycles. The monoisotopic (exact) mass is 363 g/mol. The Kier molecular flexibility index (Phi) is 4.68. The molecule has 0 saturated carbocycles. The first kappa shape index (κ1) is 14.0. The maximum absolute atomic E-state index is 3.50. The topological polar surface area (TPSA) is 12.0 Å². The molecule has 0 amide bonds. The highest BCUT2D eigenvalue weighted by atomic mass is 79.9. The first-order valence-corrected chi connectivity index (χ1v) is 8.93.